The molecule has 3 heterocycles. The number of rotatable bonds is 5. The quantitative estimate of drug-likeness (QED) is 0.566. The number of thiocarbonyl (C=S) groups is 1. The molecule has 0 radical (unpaired) electrons. The second-order valence-electron chi connectivity index (χ2n) is 5.72. The first-order valence-electron chi connectivity index (χ1n) is 7.63. The molecule has 0 unspecified atom stereocenters. The molecule has 130 valence electrons. The molecule has 0 bridgehead atoms. The molecule has 2 fully saturated rings. The summed E-state index contributed by atoms with van der Waals surface area (Å²) in [6, 6.07) is 3.49. The normalized spacial score (nSPS) is 25.0. The molecule has 0 spiro atoms. The van der Waals surface area contributed by atoms with Crippen LogP contribution in [0.5, 0.6) is 0 Å². The summed E-state index contributed by atoms with van der Waals surface area (Å²) in [4.78, 5) is 16.6. The molecule has 3 rings (SSSR count). The molecule has 1 amide bonds. The number of furan rings is 1. The van der Waals surface area contributed by atoms with E-state index < -0.39 is 9.84 Å². The average Bonchev–Trinajstić information content (AvgIpc) is 3.22. The Morgan fingerprint density at radius 3 is 2.92 bits per heavy atom. The van der Waals surface area contributed by atoms with Crippen molar-refractivity contribution in [1.82, 2.24) is 9.80 Å². The van der Waals surface area contributed by atoms with Gasteiger partial charge in [0.15, 0.2) is 9.84 Å². The first-order chi connectivity index (χ1) is 11.4. The maximum Gasteiger partial charge on any atom is 0.268 e. The molecule has 2 saturated heterocycles. The van der Waals surface area contributed by atoms with Crippen LogP contribution in [0.1, 0.15) is 19.1 Å². The third kappa shape index (κ3) is 3.68. The number of amides is 1. The van der Waals surface area contributed by atoms with Gasteiger partial charge in [0.1, 0.15) is 10.1 Å². The lowest BCUT2D eigenvalue weighted by atomic mass is 10.2. The van der Waals surface area contributed by atoms with Crippen LogP contribution in [-0.2, 0) is 21.2 Å². The van der Waals surface area contributed by atoms with Gasteiger partial charge >= 0.3 is 0 Å². The van der Waals surface area contributed by atoms with Crippen molar-refractivity contribution in [2.45, 2.75) is 25.9 Å². The fraction of sp³-hybridized carbons (Fsp3) is 0.467. The summed E-state index contributed by atoms with van der Waals surface area (Å²) >= 11 is 6.54. The van der Waals surface area contributed by atoms with Gasteiger partial charge in [-0.1, -0.05) is 24.0 Å². The largest absolute Gasteiger partial charge is 0.467 e. The highest BCUT2D eigenvalue weighted by Gasteiger charge is 2.35. The lowest BCUT2D eigenvalue weighted by molar-refractivity contribution is -0.122. The lowest BCUT2D eigenvalue weighted by Crippen LogP contribution is -2.33. The summed E-state index contributed by atoms with van der Waals surface area (Å²) in [5.74, 6) is 0.855. The molecular weight excluding hydrogens is 368 g/mol. The van der Waals surface area contributed by atoms with Crippen LogP contribution in [0, 0.1) is 0 Å². The molecule has 9 heteroatoms. The van der Waals surface area contributed by atoms with Crippen LogP contribution in [-0.4, -0.2) is 52.5 Å². The average molecular weight is 387 g/mol. The first kappa shape index (κ1) is 17.5. The van der Waals surface area contributed by atoms with E-state index in [-0.39, 0.29) is 23.5 Å². The number of hydrogen-bond donors (Lipinski definition) is 0. The second-order valence-corrected chi connectivity index (χ2v) is 9.62. The van der Waals surface area contributed by atoms with E-state index in [1.54, 1.807) is 24.6 Å². The molecule has 1 atom stereocenters. The van der Waals surface area contributed by atoms with Crippen molar-refractivity contribution in [2.75, 3.05) is 18.1 Å². The molecule has 1 aromatic heterocycles. The highest BCUT2D eigenvalue weighted by molar-refractivity contribution is 8.26. The standard InChI is InChI=1S/C15H18N2O4S3/c1-2-16(11-5-7-24(19,20)10-11)9-13-14(18)17(15(22)23-13)8-12-4-3-6-21-12/h3-4,6,9,11H,2,5,7-8,10H2,1H3/b13-9-/t11-/m1/s1. The van der Waals surface area contributed by atoms with Crippen LogP contribution in [0.15, 0.2) is 33.9 Å². The molecule has 1 aromatic rings. The monoisotopic (exact) mass is 386 g/mol. The number of thioether (sulfide) groups is 1. The molecule has 0 N–H and O–H groups in total. The number of sulfone groups is 1. The SMILES string of the molecule is CCN(/C=C1\SC(=S)N(Cc2ccco2)C1=O)[C@@H]1CCS(=O)(=O)C1. The molecule has 0 aliphatic carbocycles. The van der Waals surface area contributed by atoms with Crippen LogP contribution in [0.25, 0.3) is 0 Å². The zero-order chi connectivity index (χ0) is 17.3. The summed E-state index contributed by atoms with van der Waals surface area (Å²) in [5.41, 5.74) is 0. The Balaban J connectivity index is 1.75. The summed E-state index contributed by atoms with van der Waals surface area (Å²) in [5, 5.41) is 0. The van der Waals surface area contributed by atoms with Crippen molar-refractivity contribution in [2.24, 2.45) is 0 Å². The maximum absolute atomic E-state index is 12.6. The van der Waals surface area contributed by atoms with Gasteiger partial charge in [-0.3, -0.25) is 9.69 Å². The third-order valence-electron chi connectivity index (χ3n) is 4.09. The topological polar surface area (TPSA) is 70.8 Å². The van der Waals surface area contributed by atoms with Crippen LogP contribution in [0.2, 0.25) is 0 Å². The van der Waals surface area contributed by atoms with Crippen molar-refractivity contribution in [1.29, 1.82) is 0 Å². The van der Waals surface area contributed by atoms with Gasteiger partial charge in [0.25, 0.3) is 5.91 Å². The third-order valence-corrected chi connectivity index (χ3v) is 7.21. The minimum absolute atomic E-state index is 0.0754. The molecule has 0 saturated carbocycles. The highest BCUT2D eigenvalue weighted by Crippen LogP contribution is 2.33. The van der Waals surface area contributed by atoms with Gasteiger partial charge in [-0.2, -0.15) is 0 Å². The Labute approximate surface area is 150 Å². The highest BCUT2D eigenvalue weighted by atomic mass is 32.2. The predicted octanol–water partition coefficient (Wildman–Crippen LogP) is 1.99. The number of hydrogen-bond acceptors (Lipinski definition) is 7. The van der Waals surface area contributed by atoms with Crippen molar-refractivity contribution in [3.63, 3.8) is 0 Å². The van der Waals surface area contributed by atoms with Crippen molar-refractivity contribution >= 4 is 44.0 Å². The van der Waals surface area contributed by atoms with Gasteiger partial charge in [0.05, 0.1) is 29.2 Å². The van der Waals surface area contributed by atoms with Crippen LogP contribution in [0.3, 0.4) is 0 Å². The molecule has 0 aromatic carbocycles. The second kappa shape index (κ2) is 6.89. The fourth-order valence-corrected chi connectivity index (χ4v) is 5.82. The van der Waals surface area contributed by atoms with Crippen molar-refractivity contribution in [3.8, 4) is 0 Å². The van der Waals surface area contributed by atoms with Gasteiger partial charge < -0.3 is 9.32 Å². The molecule has 2 aliphatic heterocycles. The van der Waals surface area contributed by atoms with Crippen LogP contribution in [0.4, 0.5) is 0 Å². The van der Waals surface area contributed by atoms with E-state index >= 15 is 0 Å². The van der Waals surface area contributed by atoms with Crippen LogP contribution >= 0.6 is 24.0 Å². The number of carbonyl (C=O) groups excluding carboxylic acids is 1. The van der Waals surface area contributed by atoms with Gasteiger partial charge in [0, 0.05) is 18.8 Å². The molecule has 6 nitrogen and oxygen atoms in total. The van der Waals surface area contributed by atoms with E-state index in [4.69, 9.17) is 16.6 Å². The summed E-state index contributed by atoms with van der Waals surface area (Å²) < 4.78 is 29.1. The number of carbonyl (C=O) groups is 1. The van der Waals surface area contributed by atoms with E-state index in [0.29, 0.717) is 34.5 Å². The van der Waals surface area contributed by atoms with E-state index in [2.05, 4.69) is 0 Å². The van der Waals surface area contributed by atoms with E-state index in [0.717, 1.165) is 0 Å². The van der Waals surface area contributed by atoms with Gasteiger partial charge in [-0.15, -0.1) is 0 Å². The number of nitrogens with zero attached hydrogens (tertiary/aromatic N) is 2. The Morgan fingerprint density at radius 2 is 2.33 bits per heavy atom. The van der Waals surface area contributed by atoms with Gasteiger partial charge in [-0.05, 0) is 25.5 Å². The summed E-state index contributed by atoms with van der Waals surface area (Å²) in [7, 11) is -2.96. The summed E-state index contributed by atoms with van der Waals surface area (Å²) in [6.45, 7) is 2.90. The smallest absolute Gasteiger partial charge is 0.268 e. The lowest BCUT2D eigenvalue weighted by Gasteiger charge is -2.25. The summed E-state index contributed by atoms with van der Waals surface area (Å²) in [6.07, 6.45) is 3.91. The molecule has 2 aliphatic rings. The Hall–Kier alpha value is -1.32. The van der Waals surface area contributed by atoms with Crippen LogP contribution < -0.4 is 0 Å². The minimum Gasteiger partial charge on any atom is -0.467 e. The van der Waals surface area contributed by atoms with E-state index in [1.807, 2.05) is 11.8 Å². The van der Waals surface area contributed by atoms with Gasteiger partial charge in [-0.25, -0.2) is 8.42 Å². The first-order valence-corrected chi connectivity index (χ1v) is 10.7. The minimum atomic E-state index is -2.96. The Kier molecular flexibility index (Phi) is 5.03. The molecular formula is C15H18N2O4S3. The predicted molar refractivity (Wildman–Crippen MR) is 97.0 cm³/mol. The van der Waals surface area contributed by atoms with E-state index in [9.17, 15) is 13.2 Å². The van der Waals surface area contributed by atoms with E-state index in [1.165, 1.54) is 16.7 Å². The zero-order valence-corrected chi connectivity index (χ0v) is 15.6. The Bertz CT molecular complexity index is 771. The fourth-order valence-electron chi connectivity index (χ4n) is 2.83. The molecule has 24 heavy (non-hydrogen) atoms. The van der Waals surface area contributed by atoms with Gasteiger partial charge in [0.2, 0.25) is 0 Å². The maximum atomic E-state index is 12.6. The van der Waals surface area contributed by atoms with Crippen molar-refractivity contribution in [3.05, 3.63) is 35.3 Å². The Morgan fingerprint density at radius 1 is 1.54 bits per heavy atom. The van der Waals surface area contributed by atoms with Crippen molar-refractivity contribution < 1.29 is 17.6 Å². The zero-order valence-electron chi connectivity index (χ0n) is 13.2.